The number of methoxy groups -OCH3 is 2. The number of thiazole rings is 1. The fraction of sp³-hybridized carbons (Fsp3) is 0.148. The van der Waals surface area contributed by atoms with E-state index in [1.54, 1.807) is 54.8 Å². The number of nitro benzene ring substituents is 1. The van der Waals surface area contributed by atoms with Crippen LogP contribution in [0.15, 0.2) is 77.0 Å². The Labute approximate surface area is 232 Å². The molecular formula is C27H24N4O6S2. The van der Waals surface area contributed by atoms with Crippen molar-refractivity contribution in [3.63, 3.8) is 0 Å². The van der Waals surface area contributed by atoms with Gasteiger partial charge in [0.2, 0.25) is 5.91 Å². The lowest BCUT2D eigenvalue weighted by molar-refractivity contribution is -0.384. The Morgan fingerprint density at radius 1 is 1.00 bits per heavy atom. The maximum Gasteiger partial charge on any atom is 0.270 e. The summed E-state index contributed by atoms with van der Waals surface area (Å²) < 4.78 is 10.6. The molecule has 0 fully saturated rings. The van der Waals surface area contributed by atoms with Gasteiger partial charge in [0.15, 0.2) is 5.13 Å². The normalized spacial score (nSPS) is 11.4. The molecule has 10 nitrogen and oxygen atoms in total. The summed E-state index contributed by atoms with van der Waals surface area (Å²) in [6.45, 7) is 1.78. The number of carbonyl (C=O) groups is 2. The van der Waals surface area contributed by atoms with Gasteiger partial charge < -0.3 is 20.1 Å². The molecule has 1 aromatic heterocycles. The summed E-state index contributed by atoms with van der Waals surface area (Å²) in [5.41, 5.74) is 1.98. The van der Waals surface area contributed by atoms with Gasteiger partial charge in [-0.25, -0.2) is 4.98 Å². The summed E-state index contributed by atoms with van der Waals surface area (Å²) in [6, 6.07) is 18.4. The fourth-order valence-electron chi connectivity index (χ4n) is 3.59. The summed E-state index contributed by atoms with van der Waals surface area (Å²) >= 11 is 2.59. The average molecular weight is 565 g/mol. The molecule has 0 aliphatic rings. The highest BCUT2D eigenvalue weighted by molar-refractivity contribution is 8.00. The van der Waals surface area contributed by atoms with Gasteiger partial charge in [-0.2, -0.15) is 0 Å². The number of hydrogen-bond acceptors (Lipinski definition) is 9. The van der Waals surface area contributed by atoms with E-state index in [9.17, 15) is 19.7 Å². The van der Waals surface area contributed by atoms with Crippen LogP contribution in [0.2, 0.25) is 0 Å². The van der Waals surface area contributed by atoms with Gasteiger partial charge in [0.05, 0.1) is 30.1 Å². The molecule has 3 aromatic carbocycles. The zero-order chi connectivity index (χ0) is 27.9. The van der Waals surface area contributed by atoms with Crippen LogP contribution in [0.25, 0.3) is 11.3 Å². The third-order valence-corrected chi connectivity index (χ3v) is 7.41. The number of rotatable bonds is 10. The van der Waals surface area contributed by atoms with Crippen LogP contribution in [0.1, 0.15) is 17.3 Å². The largest absolute Gasteiger partial charge is 0.496 e. The molecule has 1 heterocycles. The summed E-state index contributed by atoms with van der Waals surface area (Å²) in [7, 11) is 2.97. The molecule has 0 saturated heterocycles. The fourth-order valence-corrected chi connectivity index (χ4v) is 5.18. The number of amides is 2. The number of nitrogens with one attached hydrogen (secondary N) is 2. The topological polar surface area (TPSA) is 133 Å². The van der Waals surface area contributed by atoms with Gasteiger partial charge in [0, 0.05) is 33.7 Å². The second-order valence-corrected chi connectivity index (χ2v) is 10.4. The quantitative estimate of drug-likeness (QED) is 0.134. The van der Waals surface area contributed by atoms with E-state index in [-0.39, 0.29) is 17.5 Å². The van der Waals surface area contributed by atoms with E-state index in [0.717, 1.165) is 4.90 Å². The molecule has 0 bridgehead atoms. The van der Waals surface area contributed by atoms with Crippen molar-refractivity contribution in [3.05, 3.63) is 87.8 Å². The monoisotopic (exact) mass is 564 g/mol. The molecule has 200 valence electrons. The number of nitro groups is 1. The molecule has 4 rings (SSSR count). The van der Waals surface area contributed by atoms with Crippen molar-refractivity contribution in [1.82, 2.24) is 4.98 Å². The predicted molar refractivity (Wildman–Crippen MR) is 152 cm³/mol. The second-order valence-electron chi connectivity index (χ2n) is 8.11. The molecule has 39 heavy (non-hydrogen) atoms. The summed E-state index contributed by atoms with van der Waals surface area (Å²) in [5.74, 6) is 0.193. The molecule has 0 saturated carbocycles. The van der Waals surface area contributed by atoms with Crippen molar-refractivity contribution in [2.45, 2.75) is 17.1 Å². The van der Waals surface area contributed by atoms with E-state index in [4.69, 9.17) is 9.47 Å². The van der Waals surface area contributed by atoms with Crippen molar-refractivity contribution in [2.24, 2.45) is 0 Å². The third kappa shape index (κ3) is 6.72. The number of hydrogen-bond donors (Lipinski definition) is 2. The van der Waals surface area contributed by atoms with Gasteiger partial charge in [0.1, 0.15) is 17.1 Å². The van der Waals surface area contributed by atoms with E-state index in [2.05, 4.69) is 15.6 Å². The maximum absolute atomic E-state index is 12.9. The van der Waals surface area contributed by atoms with Gasteiger partial charge in [-0.3, -0.25) is 19.7 Å². The van der Waals surface area contributed by atoms with Crippen LogP contribution in [0, 0.1) is 10.1 Å². The molecule has 0 spiro atoms. The lowest BCUT2D eigenvalue weighted by Gasteiger charge is -2.14. The zero-order valence-electron chi connectivity index (χ0n) is 21.2. The van der Waals surface area contributed by atoms with Crippen LogP contribution < -0.4 is 20.1 Å². The first kappa shape index (κ1) is 27.6. The average Bonchev–Trinajstić information content (AvgIpc) is 3.42. The standard InChI is InChI=1S/C27H24N4O6S2/c1-16(25(32)30-27-29-21(15-38-27)17-6-4-7-19(14-17)31(34)35)39-20-12-10-18(11-13-20)28-26(33)24-22(36-2)8-5-9-23(24)37-3/h4-16H,1-3H3,(H,28,33)(H,29,30,32). The minimum Gasteiger partial charge on any atom is -0.496 e. The molecular weight excluding hydrogens is 540 g/mol. The highest BCUT2D eigenvalue weighted by Crippen LogP contribution is 2.31. The second kappa shape index (κ2) is 12.4. The molecule has 0 aliphatic carbocycles. The van der Waals surface area contributed by atoms with Crippen molar-refractivity contribution in [3.8, 4) is 22.8 Å². The Hall–Kier alpha value is -4.42. The Kier molecular flexibility index (Phi) is 8.79. The Balaban J connectivity index is 1.35. The molecule has 2 amide bonds. The SMILES string of the molecule is COc1cccc(OC)c1C(=O)Nc1ccc(SC(C)C(=O)Nc2nc(-c3cccc([N+](=O)[O-])c3)cs2)cc1. The lowest BCUT2D eigenvalue weighted by atomic mass is 10.1. The van der Waals surface area contributed by atoms with E-state index < -0.39 is 10.2 Å². The summed E-state index contributed by atoms with van der Waals surface area (Å²) in [5, 5.41) is 18.4. The molecule has 4 aromatic rings. The zero-order valence-corrected chi connectivity index (χ0v) is 22.8. The van der Waals surface area contributed by atoms with Gasteiger partial charge in [-0.15, -0.1) is 23.1 Å². The van der Waals surface area contributed by atoms with Crippen LogP contribution in [0.3, 0.4) is 0 Å². The number of thioether (sulfide) groups is 1. The summed E-state index contributed by atoms with van der Waals surface area (Å²) in [6.07, 6.45) is 0. The number of ether oxygens (including phenoxy) is 2. The third-order valence-electron chi connectivity index (χ3n) is 5.54. The molecule has 0 radical (unpaired) electrons. The van der Waals surface area contributed by atoms with Gasteiger partial charge >= 0.3 is 0 Å². The lowest BCUT2D eigenvalue weighted by Crippen LogP contribution is -2.22. The van der Waals surface area contributed by atoms with E-state index in [1.165, 1.54) is 49.5 Å². The Bertz CT molecular complexity index is 1480. The number of carbonyl (C=O) groups excluding carboxylic acids is 2. The van der Waals surface area contributed by atoms with Crippen molar-refractivity contribution in [1.29, 1.82) is 0 Å². The van der Waals surface area contributed by atoms with Gasteiger partial charge in [-0.05, 0) is 43.3 Å². The first-order valence-electron chi connectivity index (χ1n) is 11.6. The smallest absolute Gasteiger partial charge is 0.270 e. The van der Waals surface area contributed by atoms with Crippen LogP contribution >= 0.6 is 23.1 Å². The molecule has 2 N–H and O–H groups in total. The van der Waals surface area contributed by atoms with E-state index in [0.29, 0.717) is 39.1 Å². The van der Waals surface area contributed by atoms with Crippen LogP contribution in [-0.2, 0) is 4.79 Å². The molecule has 0 aliphatic heterocycles. The van der Waals surface area contributed by atoms with E-state index in [1.807, 2.05) is 12.1 Å². The molecule has 1 unspecified atom stereocenters. The van der Waals surface area contributed by atoms with Gasteiger partial charge in [0.25, 0.3) is 11.6 Å². The van der Waals surface area contributed by atoms with Crippen molar-refractivity contribution >= 4 is 51.4 Å². The first-order chi connectivity index (χ1) is 18.8. The number of benzene rings is 3. The minimum atomic E-state index is -0.463. The maximum atomic E-state index is 12.9. The van der Waals surface area contributed by atoms with Gasteiger partial charge in [-0.1, -0.05) is 18.2 Å². The molecule has 12 heteroatoms. The summed E-state index contributed by atoms with van der Waals surface area (Å²) in [4.78, 5) is 41.4. The number of nitrogens with zero attached hydrogens (tertiary/aromatic N) is 2. The van der Waals surface area contributed by atoms with Crippen LogP contribution in [-0.4, -0.2) is 41.2 Å². The Morgan fingerprint density at radius 3 is 2.31 bits per heavy atom. The van der Waals surface area contributed by atoms with Crippen molar-refractivity contribution in [2.75, 3.05) is 24.9 Å². The highest BCUT2D eigenvalue weighted by atomic mass is 32.2. The number of non-ortho nitro benzene ring substituents is 1. The minimum absolute atomic E-state index is 0.0267. The van der Waals surface area contributed by atoms with E-state index >= 15 is 0 Å². The van der Waals surface area contributed by atoms with Crippen molar-refractivity contribution < 1.29 is 24.0 Å². The van der Waals surface area contributed by atoms with Crippen LogP contribution in [0.5, 0.6) is 11.5 Å². The molecule has 1 atom stereocenters. The number of anilines is 2. The Morgan fingerprint density at radius 2 is 1.67 bits per heavy atom. The first-order valence-corrected chi connectivity index (χ1v) is 13.3. The number of aromatic nitrogens is 1. The highest BCUT2D eigenvalue weighted by Gasteiger charge is 2.19. The predicted octanol–water partition coefficient (Wildman–Crippen LogP) is 6.11. The van der Waals surface area contributed by atoms with Crippen LogP contribution in [0.4, 0.5) is 16.5 Å².